The Hall–Kier alpha value is -6.50. The minimum atomic E-state index is 1.22. The zero-order chi connectivity index (χ0) is 33.0. The summed E-state index contributed by atoms with van der Waals surface area (Å²) in [6, 6.07) is 71.6. The third-order valence-corrected chi connectivity index (χ3v) is 10.4. The van der Waals surface area contributed by atoms with E-state index in [4.69, 9.17) is 0 Å². The van der Waals surface area contributed by atoms with Gasteiger partial charge in [-0.2, -0.15) is 0 Å². The summed E-state index contributed by atoms with van der Waals surface area (Å²) < 4.78 is 0. The summed E-state index contributed by atoms with van der Waals surface area (Å²) in [5, 5.41) is 12.6. The van der Waals surface area contributed by atoms with Crippen molar-refractivity contribution in [2.45, 2.75) is 0 Å². The molecule has 0 aliphatic heterocycles. The third-order valence-electron chi connectivity index (χ3n) is 10.4. The lowest BCUT2D eigenvalue weighted by Gasteiger charge is -2.17. The molecular formula is C50H32. The van der Waals surface area contributed by atoms with Crippen LogP contribution in [0, 0.1) is 0 Å². The summed E-state index contributed by atoms with van der Waals surface area (Å²) in [6.07, 6.45) is 0. The van der Waals surface area contributed by atoms with Crippen molar-refractivity contribution >= 4 is 53.9 Å². The highest BCUT2D eigenvalue weighted by molar-refractivity contribution is 6.16. The number of benzene rings is 10. The van der Waals surface area contributed by atoms with E-state index in [2.05, 4.69) is 194 Å². The van der Waals surface area contributed by atoms with Crippen molar-refractivity contribution in [2.75, 3.05) is 0 Å². The van der Waals surface area contributed by atoms with Crippen LogP contribution in [0.1, 0.15) is 0 Å². The van der Waals surface area contributed by atoms with Gasteiger partial charge in [-0.05, 0) is 141 Å². The van der Waals surface area contributed by atoms with Crippen LogP contribution in [0.15, 0.2) is 194 Å². The van der Waals surface area contributed by atoms with Gasteiger partial charge in [0.1, 0.15) is 0 Å². The van der Waals surface area contributed by atoms with Crippen molar-refractivity contribution < 1.29 is 0 Å². The van der Waals surface area contributed by atoms with Crippen molar-refractivity contribution in [1.29, 1.82) is 0 Å². The molecule has 10 aromatic carbocycles. The molecule has 50 heavy (non-hydrogen) atoms. The second-order valence-corrected chi connectivity index (χ2v) is 13.4. The zero-order valence-corrected chi connectivity index (χ0v) is 27.5. The fourth-order valence-electron chi connectivity index (χ4n) is 7.81. The molecule has 0 fully saturated rings. The van der Waals surface area contributed by atoms with Crippen LogP contribution in [0.2, 0.25) is 0 Å². The molecule has 0 saturated heterocycles. The van der Waals surface area contributed by atoms with Gasteiger partial charge in [0.15, 0.2) is 0 Å². The van der Waals surface area contributed by atoms with Gasteiger partial charge < -0.3 is 0 Å². The predicted molar refractivity (Wildman–Crippen MR) is 216 cm³/mol. The van der Waals surface area contributed by atoms with Crippen molar-refractivity contribution in [2.24, 2.45) is 0 Å². The summed E-state index contributed by atoms with van der Waals surface area (Å²) in [6.45, 7) is 0. The van der Waals surface area contributed by atoms with E-state index in [9.17, 15) is 0 Å². The molecule has 10 aromatic rings. The SMILES string of the molecule is c1ccc(-c2cc3ccccc3cc2-c2ccc3c(c2)c(-c2ccc4ccccc4c2)cc2cc(-c4ccc5ccccc5c4)ccc23)cc1. The van der Waals surface area contributed by atoms with E-state index >= 15 is 0 Å². The lowest BCUT2D eigenvalue weighted by molar-refractivity contribution is 1.62. The van der Waals surface area contributed by atoms with Gasteiger partial charge in [0.05, 0.1) is 0 Å². The quantitative estimate of drug-likeness (QED) is 0.169. The number of fused-ring (bicyclic) bond motifs is 6. The van der Waals surface area contributed by atoms with Crippen molar-refractivity contribution in [3.8, 4) is 44.5 Å². The van der Waals surface area contributed by atoms with Gasteiger partial charge in [0.2, 0.25) is 0 Å². The van der Waals surface area contributed by atoms with Crippen LogP contribution in [0.5, 0.6) is 0 Å². The fourth-order valence-corrected chi connectivity index (χ4v) is 7.81. The summed E-state index contributed by atoms with van der Waals surface area (Å²) in [5.74, 6) is 0. The summed E-state index contributed by atoms with van der Waals surface area (Å²) in [4.78, 5) is 0. The Morgan fingerprint density at radius 2 is 0.600 bits per heavy atom. The zero-order valence-electron chi connectivity index (χ0n) is 27.5. The molecule has 232 valence electrons. The first-order valence-corrected chi connectivity index (χ1v) is 17.3. The van der Waals surface area contributed by atoms with Crippen LogP contribution >= 0.6 is 0 Å². The van der Waals surface area contributed by atoms with E-state index in [1.165, 1.54) is 98.4 Å². The fraction of sp³-hybridized carbons (Fsp3) is 0. The number of rotatable bonds is 4. The Kier molecular flexibility index (Phi) is 6.60. The second kappa shape index (κ2) is 11.6. The first-order valence-electron chi connectivity index (χ1n) is 17.3. The number of hydrogen-bond donors (Lipinski definition) is 0. The maximum absolute atomic E-state index is 2.42. The van der Waals surface area contributed by atoms with E-state index in [0.717, 1.165) is 0 Å². The predicted octanol–water partition coefficient (Wildman–Crippen LogP) is 14.1. The molecule has 0 radical (unpaired) electrons. The Bertz CT molecular complexity index is 2910. The lowest BCUT2D eigenvalue weighted by atomic mass is 9.87. The molecule has 0 bridgehead atoms. The highest BCUT2D eigenvalue weighted by Crippen LogP contribution is 2.42. The van der Waals surface area contributed by atoms with Crippen LogP contribution in [0.3, 0.4) is 0 Å². The Labute approximate surface area is 291 Å². The number of hydrogen-bond acceptors (Lipinski definition) is 0. The van der Waals surface area contributed by atoms with Crippen LogP contribution < -0.4 is 0 Å². The molecule has 0 spiro atoms. The van der Waals surface area contributed by atoms with Gasteiger partial charge in [-0.3, -0.25) is 0 Å². The van der Waals surface area contributed by atoms with E-state index in [1.54, 1.807) is 0 Å². The van der Waals surface area contributed by atoms with Gasteiger partial charge in [0, 0.05) is 0 Å². The Morgan fingerprint density at radius 3 is 1.26 bits per heavy atom. The second-order valence-electron chi connectivity index (χ2n) is 13.4. The molecule has 0 amide bonds. The highest BCUT2D eigenvalue weighted by Gasteiger charge is 2.15. The summed E-state index contributed by atoms with van der Waals surface area (Å²) >= 11 is 0. The first kappa shape index (κ1) is 28.5. The molecule has 0 heteroatoms. The molecule has 10 rings (SSSR count). The first-order chi connectivity index (χ1) is 24.7. The van der Waals surface area contributed by atoms with Gasteiger partial charge in [-0.1, -0.05) is 152 Å². The standard InChI is InChI=1S/C50H32/c1-2-12-35(13-3-1)47-29-38-16-8-9-17-39(38)30-48(47)43-23-25-46-45-24-22-41(40-20-18-33-10-4-6-14-36(33)26-40)28-44(45)32-49(50(46)31-43)42-21-19-34-11-5-7-15-37(34)27-42/h1-32H. The topological polar surface area (TPSA) is 0 Å². The monoisotopic (exact) mass is 632 g/mol. The average molecular weight is 633 g/mol. The lowest BCUT2D eigenvalue weighted by Crippen LogP contribution is -1.90. The molecule has 0 aromatic heterocycles. The van der Waals surface area contributed by atoms with Crippen LogP contribution in [-0.2, 0) is 0 Å². The van der Waals surface area contributed by atoms with Crippen LogP contribution in [-0.4, -0.2) is 0 Å². The maximum Gasteiger partial charge on any atom is -0.00928 e. The van der Waals surface area contributed by atoms with Crippen molar-refractivity contribution in [1.82, 2.24) is 0 Å². The summed E-state index contributed by atoms with van der Waals surface area (Å²) in [7, 11) is 0. The normalized spacial score (nSPS) is 11.6. The molecule has 0 aliphatic rings. The van der Waals surface area contributed by atoms with E-state index < -0.39 is 0 Å². The molecule has 0 unspecified atom stereocenters. The largest absolute Gasteiger partial charge is 0.0622 e. The molecule has 0 atom stereocenters. The van der Waals surface area contributed by atoms with Gasteiger partial charge in [0.25, 0.3) is 0 Å². The van der Waals surface area contributed by atoms with E-state index in [-0.39, 0.29) is 0 Å². The highest BCUT2D eigenvalue weighted by atomic mass is 14.2. The van der Waals surface area contributed by atoms with Crippen LogP contribution in [0.25, 0.3) is 98.4 Å². The summed E-state index contributed by atoms with van der Waals surface area (Å²) in [5.41, 5.74) is 9.87. The Morgan fingerprint density at radius 1 is 0.180 bits per heavy atom. The molecule has 0 saturated carbocycles. The van der Waals surface area contributed by atoms with Crippen molar-refractivity contribution in [3.05, 3.63) is 194 Å². The van der Waals surface area contributed by atoms with E-state index in [0.29, 0.717) is 0 Å². The van der Waals surface area contributed by atoms with Gasteiger partial charge in [-0.15, -0.1) is 0 Å². The molecule has 0 N–H and O–H groups in total. The molecule has 0 aliphatic carbocycles. The molecule has 0 nitrogen and oxygen atoms in total. The molecular weight excluding hydrogens is 601 g/mol. The minimum Gasteiger partial charge on any atom is -0.0622 e. The van der Waals surface area contributed by atoms with Crippen LogP contribution in [0.4, 0.5) is 0 Å². The van der Waals surface area contributed by atoms with Gasteiger partial charge >= 0.3 is 0 Å². The van der Waals surface area contributed by atoms with Gasteiger partial charge in [-0.25, -0.2) is 0 Å². The van der Waals surface area contributed by atoms with Crippen molar-refractivity contribution in [3.63, 3.8) is 0 Å². The average Bonchev–Trinajstić information content (AvgIpc) is 3.19. The smallest absolute Gasteiger partial charge is 0.00928 e. The van der Waals surface area contributed by atoms with E-state index in [1.807, 2.05) is 0 Å². The Balaban J connectivity index is 1.23. The third kappa shape index (κ3) is 4.85. The minimum absolute atomic E-state index is 1.22. The molecule has 0 heterocycles. The maximum atomic E-state index is 2.42.